The van der Waals surface area contributed by atoms with Gasteiger partial charge in [-0.05, 0) is 33.8 Å². The first kappa shape index (κ1) is 14.0. The van der Waals surface area contributed by atoms with Crippen LogP contribution in [-0.2, 0) is 4.74 Å². The molecule has 7 heteroatoms. The number of carbonyl (C=O) groups is 1. The van der Waals surface area contributed by atoms with Gasteiger partial charge in [0, 0.05) is 0 Å². The monoisotopic (exact) mass is 275 g/mol. The second-order valence-electron chi connectivity index (χ2n) is 5.30. The molecule has 0 unspecified atom stereocenters. The molecule has 0 fully saturated rings. The zero-order chi connectivity index (χ0) is 14.8. The van der Waals surface area contributed by atoms with Gasteiger partial charge in [-0.3, -0.25) is 5.32 Å². The Morgan fingerprint density at radius 2 is 2.15 bits per heavy atom. The third-order valence-electron chi connectivity index (χ3n) is 2.35. The maximum atomic E-state index is 11.6. The average Bonchev–Trinajstić information content (AvgIpc) is 2.75. The van der Waals surface area contributed by atoms with Gasteiger partial charge in [0.1, 0.15) is 5.60 Å². The predicted molar refractivity (Wildman–Crippen MR) is 73.7 cm³/mol. The quantitative estimate of drug-likeness (QED) is 0.909. The van der Waals surface area contributed by atoms with E-state index in [9.17, 15) is 4.79 Å². The molecule has 0 radical (unpaired) electrons. The van der Waals surface area contributed by atoms with Crippen molar-refractivity contribution in [2.45, 2.75) is 33.3 Å². The predicted octanol–water partition coefficient (Wildman–Crippen LogP) is 2.32. The highest BCUT2D eigenvalue weighted by atomic mass is 16.6. The van der Waals surface area contributed by atoms with E-state index in [4.69, 9.17) is 4.74 Å². The summed E-state index contributed by atoms with van der Waals surface area (Å²) in [5.41, 5.74) is 1.57. The SMILES string of the molecule is Cc1nnccc1-n1cc(NC(=O)OC(C)(C)C)cn1. The molecule has 7 nitrogen and oxygen atoms in total. The number of rotatable bonds is 2. The normalized spacial score (nSPS) is 11.2. The van der Waals surface area contributed by atoms with Crippen molar-refractivity contribution >= 4 is 11.8 Å². The highest BCUT2D eigenvalue weighted by Crippen LogP contribution is 2.14. The van der Waals surface area contributed by atoms with Gasteiger partial charge >= 0.3 is 6.09 Å². The van der Waals surface area contributed by atoms with Crippen LogP contribution in [-0.4, -0.2) is 31.7 Å². The number of nitrogens with one attached hydrogen (secondary N) is 1. The number of hydrogen-bond donors (Lipinski definition) is 1. The van der Waals surface area contributed by atoms with Crippen LogP contribution in [0.1, 0.15) is 26.5 Å². The van der Waals surface area contributed by atoms with E-state index in [-0.39, 0.29) is 0 Å². The number of carbonyl (C=O) groups excluding carboxylic acids is 1. The molecule has 0 aliphatic carbocycles. The standard InChI is InChI=1S/C13H17N5O2/c1-9-11(5-6-14-17-9)18-8-10(7-15-18)16-12(19)20-13(2,3)4/h5-8H,1-4H3,(H,16,19). The maximum Gasteiger partial charge on any atom is 0.412 e. The molecule has 1 N–H and O–H groups in total. The zero-order valence-corrected chi connectivity index (χ0v) is 11.9. The number of amides is 1. The maximum absolute atomic E-state index is 11.6. The number of nitrogens with zero attached hydrogens (tertiary/aromatic N) is 4. The molecule has 0 bridgehead atoms. The summed E-state index contributed by atoms with van der Waals surface area (Å²) in [5, 5.41) is 14.5. The first-order valence-electron chi connectivity index (χ1n) is 6.18. The Kier molecular flexibility index (Phi) is 3.69. The van der Waals surface area contributed by atoms with E-state index in [1.54, 1.807) is 29.3 Å². The van der Waals surface area contributed by atoms with Crippen LogP contribution in [0, 0.1) is 6.92 Å². The summed E-state index contributed by atoms with van der Waals surface area (Å²) < 4.78 is 6.79. The van der Waals surface area contributed by atoms with Crippen molar-refractivity contribution < 1.29 is 9.53 Å². The molecule has 20 heavy (non-hydrogen) atoms. The molecule has 0 aliphatic rings. The van der Waals surface area contributed by atoms with E-state index in [0.29, 0.717) is 5.69 Å². The third kappa shape index (κ3) is 3.53. The Labute approximate surface area is 117 Å². The van der Waals surface area contributed by atoms with Gasteiger partial charge in [0.25, 0.3) is 0 Å². The van der Waals surface area contributed by atoms with E-state index in [2.05, 4.69) is 20.6 Å². The minimum atomic E-state index is -0.536. The smallest absolute Gasteiger partial charge is 0.412 e. The zero-order valence-electron chi connectivity index (χ0n) is 11.9. The van der Waals surface area contributed by atoms with E-state index < -0.39 is 11.7 Å². The number of anilines is 1. The van der Waals surface area contributed by atoms with Crippen molar-refractivity contribution in [3.63, 3.8) is 0 Å². The molecule has 0 aliphatic heterocycles. The van der Waals surface area contributed by atoms with E-state index in [1.165, 1.54) is 0 Å². The van der Waals surface area contributed by atoms with Gasteiger partial charge in [0.05, 0.1) is 35.7 Å². The summed E-state index contributed by atoms with van der Waals surface area (Å²) in [6, 6.07) is 1.80. The van der Waals surface area contributed by atoms with Crippen molar-refractivity contribution in [1.29, 1.82) is 0 Å². The third-order valence-corrected chi connectivity index (χ3v) is 2.35. The van der Waals surface area contributed by atoms with Crippen LogP contribution >= 0.6 is 0 Å². The van der Waals surface area contributed by atoms with Crippen molar-refractivity contribution in [2.75, 3.05) is 5.32 Å². The highest BCUT2D eigenvalue weighted by molar-refractivity contribution is 5.84. The van der Waals surface area contributed by atoms with Gasteiger partial charge in [-0.1, -0.05) is 0 Å². The summed E-state index contributed by atoms with van der Waals surface area (Å²) >= 11 is 0. The molecule has 0 spiro atoms. The minimum absolute atomic E-state index is 0.512. The van der Waals surface area contributed by atoms with Crippen LogP contribution in [0.3, 0.4) is 0 Å². The van der Waals surface area contributed by atoms with Crippen molar-refractivity contribution in [3.8, 4) is 5.69 Å². The van der Waals surface area contributed by atoms with Gasteiger partial charge < -0.3 is 4.74 Å². The lowest BCUT2D eigenvalue weighted by Crippen LogP contribution is -2.27. The molecule has 0 atom stereocenters. The summed E-state index contributed by atoms with van der Waals surface area (Å²) in [7, 11) is 0. The Balaban J connectivity index is 2.10. The highest BCUT2D eigenvalue weighted by Gasteiger charge is 2.16. The fourth-order valence-corrected chi connectivity index (χ4v) is 1.58. The van der Waals surface area contributed by atoms with Gasteiger partial charge in [0.2, 0.25) is 0 Å². The van der Waals surface area contributed by atoms with Gasteiger partial charge in [-0.15, -0.1) is 0 Å². The fourth-order valence-electron chi connectivity index (χ4n) is 1.58. The van der Waals surface area contributed by atoms with E-state index in [0.717, 1.165) is 11.4 Å². The van der Waals surface area contributed by atoms with Gasteiger partial charge in [-0.25, -0.2) is 9.48 Å². The molecule has 106 valence electrons. The molecule has 1 amide bonds. The Morgan fingerprint density at radius 1 is 1.40 bits per heavy atom. The summed E-state index contributed by atoms with van der Waals surface area (Å²) in [5.74, 6) is 0. The molecule has 0 aromatic carbocycles. The lowest BCUT2D eigenvalue weighted by atomic mass is 10.2. The molecule has 2 heterocycles. The van der Waals surface area contributed by atoms with Crippen LogP contribution in [0.5, 0.6) is 0 Å². The summed E-state index contributed by atoms with van der Waals surface area (Å²) in [6.45, 7) is 7.26. The average molecular weight is 275 g/mol. The molecule has 0 saturated carbocycles. The Hall–Kier alpha value is -2.44. The van der Waals surface area contributed by atoms with Gasteiger partial charge in [0.15, 0.2) is 0 Å². The first-order chi connectivity index (χ1) is 9.35. The molecule has 2 aromatic heterocycles. The fraction of sp³-hybridized carbons (Fsp3) is 0.385. The Morgan fingerprint density at radius 3 is 2.80 bits per heavy atom. The largest absolute Gasteiger partial charge is 0.444 e. The van der Waals surface area contributed by atoms with Crippen LogP contribution in [0.2, 0.25) is 0 Å². The second-order valence-corrected chi connectivity index (χ2v) is 5.30. The van der Waals surface area contributed by atoms with Crippen molar-refractivity contribution in [1.82, 2.24) is 20.0 Å². The summed E-state index contributed by atoms with van der Waals surface area (Å²) in [4.78, 5) is 11.6. The molecular weight excluding hydrogens is 258 g/mol. The van der Waals surface area contributed by atoms with Crippen molar-refractivity contribution in [2.24, 2.45) is 0 Å². The lowest BCUT2D eigenvalue weighted by molar-refractivity contribution is 0.0636. The second kappa shape index (κ2) is 5.28. The van der Waals surface area contributed by atoms with Crippen LogP contribution in [0.15, 0.2) is 24.7 Å². The minimum Gasteiger partial charge on any atom is -0.444 e. The molecule has 0 saturated heterocycles. The van der Waals surface area contributed by atoms with E-state index in [1.807, 2.05) is 27.7 Å². The van der Waals surface area contributed by atoms with Crippen LogP contribution in [0.4, 0.5) is 10.5 Å². The number of aromatic nitrogens is 4. The van der Waals surface area contributed by atoms with Crippen LogP contribution in [0.25, 0.3) is 5.69 Å². The number of ether oxygens (including phenoxy) is 1. The molecule has 2 aromatic rings. The number of hydrogen-bond acceptors (Lipinski definition) is 5. The molecular formula is C13H17N5O2. The summed E-state index contributed by atoms with van der Waals surface area (Å²) in [6.07, 6.45) is 4.31. The van der Waals surface area contributed by atoms with Crippen LogP contribution < -0.4 is 5.32 Å². The van der Waals surface area contributed by atoms with E-state index >= 15 is 0 Å². The lowest BCUT2D eigenvalue weighted by Gasteiger charge is -2.19. The first-order valence-corrected chi connectivity index (χ1v) is 6.18. The van der Waals surface area contributed by atoms with Gasteiger partial charge in [-0.2, -0.15) is 15.3 Å². The number of aryl methyl sites for hydroxylation is 1. The topological polar surface area (TPSA) is 81.9 Å². The Bertz CT molecular complexity index is 615. The molecule has 2 rings (SSSR count). The van der Waals surface area contributed by atoms with Crippen molar-refractivity contribution in [3.05, 3.63) is 30.4 Å².